The van der Waals surface area contributed by atoms with Crippen molar-refractivity contribution in [3.63, 3.8) is 0 Å². The minimum absolute atomic E-state index is 0.469. The predicted molar refractivity (Wildman–Crippen MR) is 46.4 cm³/mol. The molecule has 3 heteroatoms. The smallest absolute Gasteiger partial charge is 0.212 e. The Labute approximate surface area is 72.0 Å². The highest BCUT2D eigenvalue weighted by Gasteiger charge is 1.99. The van der Waals surface area contributed by atoms with Crippen molar-refractivity contribution in [2.75, 3.05) is 0 Å². The Morgan fingerprint density at radius 2 is 2.58 bits per heavy atom. The molecular weight excluding hydrogens is 150 g/mol. The summed E-state index contributed by atoms with van der Waals surface area (Å²) in [7, 11) is 0. The molecule has 0 aromatic carbocycles. The van der Waals surface area contributed by atoms with E-state index < -0.39 is 0 Å². The lowest BCUT2D eigenvalue weighted by Crippen LogP contribution is -1.99. The van der Waals surface area contributed by atoms with E-state index in [0.717, 1.165) is 18.5 Å². The number of nitriles is 1. The zero-order valence-electron chi connectivity index (χ0n) is 7.12. The number of aromatic nitrogens is 2. The van der Waals surface area contributed by atoms with E-state index in [2.05, 4.69) is 11.6 Å². The van der Waals surface area contributed by atoms with Crippen LogP contribution in [-0.2, 0) is 6.54 Å². The van der Waals surface area contributed by atoms with Crippen molar-refractivity contribution in [1.82, 2.24) is 9.55 Å². The van der Waals surface area contributed by atoms with Crippen molar-refractivity contribution in [3.05, 3.63) is 30.4 Å². The molecule has 0 fully saturated rings. The molecule has 0 unspecified atom stereocenters. The summed E-state index contributed by atoms with van der Waals surface area (Å²) >= 11 is 0. The maximum atomic E-state index is 8.62. The molecule has 1 heterocycles. The van der Waals surface area contributed by atoms with Crippen LogP contribution in [0.15, 0.2) is 24.5 Å². The third-order valence-electron chi connectivity index (χ3n) is 1.59. The zero-order chi connectivity index (χ0) is 8.97. The minimum Gasteiger partial charge on any atom is -0.322 e. The number of hydrogen-bond acceptors (Lipinski definition) is 2. The fraction of sp³-hybridized carbons (Fsp3) is 0.333. The maximum Gasteiger partial charge on any atom is 0.212 e. The van der Waals surface area contributed by atoms with Gasteiger partial charge in [-0.05, 0) is 13.3 Å². The first-order chi connectivity index (χ1) is 5.74. The van der Waals surface area contributed by atoms with Crippen molar-refractivity contribution in [1.29, 1.82) is 5.26 Å². The van der Waals surface area contributed by atoms with Crippen LogP contribution < -0.4 is 0 Å². The molecular formula is C9H11N3. The fourth-order valence-corrected chi connectivity index (χ4v) is 0.914. The Morgan fingerprint density at radius 1 is 1.83 bits per heavy atom. The van der Waals surface area contributed by atoms with Gasteiger partial charge in [-0.3, -0.25) is 0 Å². The quantitative estimate of drug-likeness (QED) is 0.633. The van der Waals surface area contributed by atoms with Gasteiger partial charge in [-0.15, -0.1) is 6.58 Å². The maximum absolute atomic E-state index is 8.62. The molecule has 0 saturated heterocycles. The van der Waals surface area contributed by atoms with Crippen molar-refractivity contribution in [2.24, 2.45) is 0 Å². The molecule has 0 aliphatic rings. The third-order valence-corrected chi connectivity index (χ3v) is 1.59. The zero-order valence-corrected chi connectivity index (χ0v) is 7.12. The standard InChI is InChI=1S/C9H11N3/c1-8(2)3-5-12-6-4-11-9(12)7-10/h4,6H,1,3,5H2,2H3. The average molecular weight is 161 g/mol. The third kappa shape index (κ3) is 1.96. The molecule has 0 bridgehead atoms. The summed E-state index contributed by atoms with van der Waals surface area (Å²) in [6.07, 6.45) is 4.34. The van der Waals surface area contributed by atoms with E-state index in [9.17, 15) is 0 Å². The monoisotopic (exact) mass is 161 g/mol. The summed E-state index contributed by atoms with van der Waals surface area (Å²) in [5.41, 5.74) is 1.12. The van der Waals surface area contributed by atoms with E-state index in [-0.39, 0.29) is 0 Å². The highest BCUT2D eigenvalue weighted by Crippen LogP contribution is 2.02. The molecule has 12 heavy (non-hydrogen) atoms. The van der Waals surface area contributed by atoms with Gasteiger partial charge in [-0.2, -0.15) is 5.26 Å². The second-order valence-electron chi connectivity index (χ2n) is 2.76. The molecule has 0 radical (unpaired) electrons. The Bertz CT molecular complexity index is 317. The average Bonchev–Trinajstić information content (AvgIpc) is 2.47. The largest absolute Gasteiger partial charge is 0.322 e. The summed E-state index contributed by atoms with van der Waals surface area (Å²) in [6, 6.07) is 2.02. The summed E-state index contributed by atoms with van der Waals surface area (Å²) in [6.45, 7) is 6.56. The van der Waals surface area contributed by atoms with Crippen molar-refractivity contribution >= 4 is 0 Å². The molecule has 3 nitrogen and oxygen atoms in total. The van der Waals surface area contributed by atoms with Gasteiger partial charge in [-0.1, -0.05) is 5.57 Å². The van der Waals surface area contributed by atoms with Crippen LogP contribution in [0.5, 0.6) is 0 Å². The van der Waals surface area contributed by atoms with Crippen LogP contribution in [0.3, 0.4) is 0 Å². The van der Waals surface area contributed by atoms with E-state index >= 15 is 0 Å². The SMILES string of the molecule is C=C(C)CCn1ccnc1C#N. The first-order valence-corrected chi connectivity index (χ1v) is 3.79. The van der Waals surface area contributed by atoms with E-state index in [1.165, 1.54) is 0 Å². The summed E-state index contributed by atoms with van der Waals surface area (Å²) in [5.74, 6) is 0.469. The van der Waals surface area contributed by atoms with Crippen LogP contribution in [0.1, 0.15) is 19.2 Å². The lowest BCUT2D eigenvalue weighted by Gasteiger charge is -2.01. The van der Waals surface area contributed by atoms with E-state index in [4.69, 9.17) is 5.26 Å². The normalized spacial score (nSPS) is 9.33. The highest BCUT2D eigenvalue weighted by atomic mass is 15.1. The molecule has 0 aliphatic heterocycles. The number of hydrogen-bond donors (Lipinski definition) is 0. The van der Waals surface area contributed by atoms with E-state index in [0.29, 0.717) is 5.82 Å². The van der Waals surface area contributed by atoms with Gasteiger partial charge in [0.15, 0.2) is 0 Å². The summed E-state index contributed by atoms with van der Waals surface area (Å²) in [4.78, 5) is 3.88. The Hall–Kier alpha value is -1.56. The van der Waals surface area contributed by atoms with Crippen LogP contribution in [-0.4, -0.2) is 9.55 Å². The van der Waals surface area contributed by atoms with Crippen LogP contribution in [0.2, 0.25) is 0 Å². The van der Waals surface area contributed by atoms with Crippen LogP contribution in [0, 0.1) is 11.3 Å². The van der Waals surface area contributed by atoms with Gasteiger partial charge in [0.1, 0.15) is 6.07 Å². The van der Waals surface area contributed by atoms with Gasteiger partial charge in [-0.25, -0.2) is 4.98 Å². The lowest BCUT2D eigenvalue weighted by atomic mass is 10.2. The Balaban J connectivity index is 2.64. The molecule has 0 N–H and O–H groups in total. The minimum atomic E-state index is 0.469. The van der Waals surface area contributed by atoms with Crippen molar-refractivity contribution in [2.45, 2.75) is 19.9 Å². The number of allylic oxidation sites excluding steroid dienone is 1. The molecule has 0 aliphatic carbocycles. The molecule has 1 aromatic heterocycles. The molecule has 62 valence electrons. The molecule has 0 spiro atoms. The van der Waals surface area contributed by atoms with Gasteiger partial charge >= 0.3 is 0 Å². The van der Waals surface area contributed by atoms with Crippen molar-refractivity contribution < 1.29 is 0 Å². The molecule has 1 rings (SSSR count). The molecule has 0 atom stereocenters. The summed E-state index contributed by atoms with van der Waals surface area (Å²) in [5, 5.41) is 8.62. The van der Waals surface area contributed by atoms with Gasteiger partial charge < -0.3 is 4.57 Å². The second-order valence-corrected chi connectivity index (χ2v) is 2.76. The van der Waals surface area contributed by atoms with E-state index in [1.54, 1.807) is 6.20 Å². The van der Waals surface area contributed by atoms with Gasteiger partial charge in [0.25, 0.3) is 0 Å². The Morgan fingerprint density at radius 3 is 3.17 bits per heavy atom. The van der Waals surface area contributed by atoms with Gasteiger partial charge in [0.05, 0.1) is 0 Å². The molecule has 0 amide bonds. The first-order valence-electron chi connectivity index (χ1n) is 3.79. The van der Waals surface area contributed by atoms with Gasteiger partial charge in [0.2, 0.25) is 5.82 Å². The number of imidazole rings is 1. The lowest BCUT2D eigenvalue weighted by molar-refractivity contribution is 0.683. The highest BCUT2D eigenvalue weighted by molar-refractivity contribution is 5.11. The number of nitrogens with zero attached hydrogens (tertiary/aromatic N) is 3. The van der Waals surface area contributed by atoms with E-state index in [1.807, 2.05) is 23.8 Å². The predicted octanol–water partition coefficient (Wildman–Crippen LogP) is 1.72. The van der Waals surface area contributed by atoms with Crippen LogP contribution in [0.25, 0.3) is 0 Å². The van der Waals surface area contributed by atoms with Crippen LogP contribution in [0.4, 0.5) is 0 Å². The molecule has 0 saturated carbocycles. The van der Waals surface area contributed by atoms with Crippen molar-refractivity contribution in [3.8, 4) is 6.07 Å². The topological polar surface area (TPSA) is 41.6 Å². The summed E-state index contributed by atoms with van der Waals surface area (Å²) < 4.78 is 1.83. The number of rotatable bonds is 3. The Kier molecular flexibility index (Phi) is 2.65. The first kappa shape index (κ1) is 8.54. The number of aryl methyl sites for hydroxylation is 1. The van der Waals surface area contributed by atoms with Gasteiger partial charge in [0, 0.05) is 18.9 Å². The molecule has 1 aromatic rings. The second kappa shape index (κ2) is 3.72. The van der Waals surface area contributed by atoms with Crippen LogP contribution >= 0.6 is 0 Å². The fourth-order valence-electron chi connectivity index (χ4n) is 0.914.